The van der Waals surface area contributed by atoms with Gasteiger partial charge in [-0.2, -0.15) is 0 Å². The molecule has 2 atom stereocenters. The quantitative estimate of drug-likeness (QED) is 0.514. The van der Waals surface area contributed by atoms with E-state index in [1.54, 1.807) is 6.92 Å². The fourth-order valence-electron chi connectivity index (χ4n) is 1.22. The summed E-state index contributed by atoms with van der Waals surface area (Å²) in [5.74, 6) is -0.781. The zero-order valence-electron chi connectivity index (χ0n) is 6.63. The molecule has 1 aliphatic heterocycles. The third-order valence-corrected chi connectivity index (χ3v) is 1.92. The highest BCUT2D eigenvalue weighted by Gasteiger charge is 2.19. The lowest BCUT2D eigenvalue weighted by molar-refractivity contribution is -0.139. The molecule has 0 spiro atoms. The summed E-state index contributed by atoms with van der Waals surface area (Å²) >= 11 is 0. The Labute approximate surface area is 66.0 Å². The van der Waals surface area contributed by atoms with Crippen LogP contribution < -0.4 is 10.6 Å². The molecule has 0 aromatic heterocycles. The molecule has 0 aromatic carbocycles. The Balaban J connectivity index is 2.23. The van der Waals surface area contributed by atoms with Gasteiger partial charge in [0.25, 0.3) is 0 Å². The van der Waals surface area contributed by atoms with Crippen molar-refractivity contribution in [1.29, 1.82) is 0 Å². The molecule has 64 valence electrons. The van der Waals surface area contributed by atoms with Gasteiger partial charge < -0.3 is 15.7 Å². The van der Waals surface area contributed by atoms with E-state index in [0.29, 0.717) is 6.04 Å². The van der Waals surface area contributed by atoms with Crippen LogP contribution in [0, 0.1) is 0 Å². The van der Waals surface area contributed by atoms with E-state index in [1.165, 1.54) is 0 Å². The maximum atomic E-state index is 10.4. The molecule has 1 rings (SSSR count). The van der Waals surface area contributed by atoms with Crippen molar-refractivity contribution in [3.8, 4) is 0 Å². The summed E-state index contributed by atoms with van der Waals surface area (Å²) in [6, 6.07) is -0.0963. The molecule has 4 heteroatoms. The van der Waals surface area contributed by atoms with Crippen LogP contribution in [-0.2, 0) is 4.79 Å². The first-order valence-electron chi connectivity index (χ1n) is 3.89. The first-order valence-corrected chi connectivity index (χ1v) is 3.89. The Kier molecular flexibility index (Phi) is 2.84. The summed E-state index contributed by atoms with van der Waals surface area (Å²) in [4.78, 5) is 10.4. The van der Waals surface area contributed by atoms with Crippen LogP contribution in [0.2, 0.25) is 0 Å². The molecule has 1 heterocycles. The number of hydrogen-bond acceptors (Lipinski definition) is 3. The number of hydrogen-bond donors (Lipinski definition) is 3. The lowest BCUT2D eigenvalue weighted by Gasteiger charge is -2.14. The molecule has 0 aromatic rings. The average Bonchev–Trinajstić information content (AvgIpc) is 2.39. The molecule has 0 amide bonds. The lowest BCUT2D eigenvalue weighted by Crippen LogP contribution is -2.42. The summed E-state index contributed by atoms with van der Waals surface area (Å²) in [7, 11) is 0. The predicted octanol–water partition coefficient (Wildman–Crippen LogP) is -0.589. The number of rotatable bonds is 3. The van der Waals surface area contributed by atoms with Gasteiger partial charge in [-0.1, -0.05) is 0 Å². The van der Waals surface area contributed by atoms with Crippen LogP contribution in [0.3, 0.4) is 0 Å². The van der Waals surface area contributed by atoms with Gasteiger partial charge in [-0.15, -0.1) is 0 Å². The maximum Gasteiger partial charge on any atom is 0.320 e. The summed E-state index contributed by atoms with van der Waals surface area (Å²) in [5, 5.41) is 14.7. The number of nitrogens with one attached hydrogen (secondary N) is 2. The number of aliphatic carboxylic acids is 1. The smallest absolute Gasteiger partial charge is 0.320 e. The van der Waals surface area contributed by atoms with Crippen molar-refractivity contribution in [3.05, 3.63) is 0 Å². The standard InChI is InChI=1S/C7H14N2O2/c1-5(7(10)11)9-6-2-3-8-4-6/h5-6,8-9H,2-4H2,1H3,(H,10,11)/t5-,6?/m0/s1. The Bertz CT molecular complexity index is 143. The van der Waals surface area contributed by atoms with E-state index in [1.807, 2.05) is 0 Å². The molecule has 1 unspecified atom stereocenters. The van der Waals surface area contributed by atoms with Crippen molar-refractivity contribution in [3.63, 3.8) is 0 Å². The maximum absolute atomic E-state index is 10.4. The summed E-state index contributed by atoms with van der Waals surface area (Å²) in [5.41, 5.74) is 0. The zero-order valence-corrected chi connectivity index (χ0v) is 6.63. The third kappa shape index (κ3) is 2.48. The third-order valence-electron chi connectivity index (χ3n) is 1.92. The van der Waals surface area contributed by atoms with Crippen LogP contribution in [0.1, 0.15) is 13.3 Å². The number of carboxylic acids is 1. The van der Waals surface area contributed by atoms with Crippen molar-refractivity contribution in [2.24, 2.45) is 0 Å². The van der Waals surface area contributed by atoms with E-state index >= 15 is 0 Å². The van der Waals surface area contributed by atoms with E-state index in [-0.39, 0.29) is 0 Å². The Morgan fingerprint density at radius 1 is 1.82 bits per heavy atom. The molecule has 4 nitrogen and oxygen atoms in total. The highest BCUT2D eigenvalue weighted by Crippen LogP contribution is 1.98. The highest BCUT2D eigenvalue weighted by molar-refractivity contribution is 5.72. The summed E-state index contributed by atoms with van der Waals surface area (Å²) in [6.45, 7) is 3.54. The molecule has 1 fully saturated rings. The van der Waals surface area contributed by atoms with E-state index < -0.39 is 12.0 Å². The molecule has 1 aliphatic rings. The van der Waals surface area contributed by atoms with Crippen LogP contribution in [-0.4, -0.2) is 36.2 Å². The topological polar surface area (TPSA) is 61.4 Å². The first kappa shape index (κ1) is 8.49. The monoisotopic (exact) mass is 158 g/mol. The normalized spacial score (nSPS) is 26.8. The molecule has 0 radical (unpaired) electrons. The molecule has 3 N–H and O–H groups in total. The van der Waals surface area contributed by atoms with Gasteiger partial charge in [-0.25, -0.2) is 0 Å². The van der Waals surface area contributed by atoms with Crippen molar-refractivity contribution in [2.45, 2.75) is 25.4 Å². The van der Waals surface area contributed by atoms with Gasteiger partial charge in [0.05, 0.1) is 0 Å². The van der Waals surface area contributed by atoms with Gasteiger partial charge in [0, 0.05) is 12.6 Å². The average molecular weight is 158 g/mol. The van der Waals surface area contributed by atoms with Crippen molar-refractivity contribution >= 4 is 5.97 Å². The summed E-state index contributed by atoms with van der Waals surface area (Å²) in [6.07, 6.45) is 1.03. The minimum atomic E-state index is -0.781. The SMILES string of the molecule is C[C@H](NC1CCNC1)C(=O)O. The van der Waals surface area contributed by atoms with E-state index in [2.05, 4.69) is 10.6 Å². The van der Waals surface area contributed by atoms with Crippen LogP contribution in [0.15, 0.2) is 0 Å². The van der Waals surface area contributed by atoms with Crippen molar-refractivity contribution in [2.75, 3.05) is 13.1 Å². The van der Waals surface area contributed by atoms with Crippen LogP contribution >= 0.6 is 0 Å². The lowest BCUT2D eigenvalue weighted by atomic mass is 10.2. The fourth-order valence-corrected chi connectivity index (χ4v) is 1.22. The minimum Gasteiger partial charge on any atom is -0.480 e. The second-order valence-electron chi connectivity index (χ2n) is 2.92. The Morgan fingerprint density at radius 3 is 3.00 bits per heavy atom. The molecule has 1 saturated heterocycles. The Hall–Kier alpha value is -0.610. The van der Waals surface area contributed by atoms with E-state index in [0.717, 1.165) is 19.5 Å². The molecule has 0 bridgehead atoms. The molecular weight excluding hydrogens is 144 g/mol. The first-order chi connectivity index (χ1) is 5.20. The molecule has 0 aliphatic carbocycles. The zero-order chi connectivity index (χ0) is 8.27. The van der Waals surface area contributed by atoms with Crippen LogP contribution in [0.5, 0.6) is 0 Å². The van der Waals surface area contributed by atoms with Gasteiger partial charge in [0.1, 0.15) is 6.04 Å². The van der Waals surface area contributed by atoms with Gasteiger partial charge >= 0.3 is 5.97 Å². The van der Waals surface area contributed by atoms with Gasteiger partial charge in [-0.3, -0.25) is 4.79 Å². The Morgan fingerprint density at radius 2 is 2.55 bits per heavy atom. The van der Waals surface area contributed by atoms with E-state index in [4.69, 9.17) is 5.11 Å². The fraction of sp³-hybridized carbons (Fsp3) is 0.857. The van der Waals surface area contributed by atoms with Gasteiger partial charge in [-0.05, 0) is 19.9 Å². The molecule has 0 saturated carbocycles. The van der Waals surface area contributed by atoms with Crippen LogP contribution in [0.4, 0.5) is 0 Å². The van der Waals surface area contributed by atoms with Crippen molar-refractivity contribution in [1.82, 2.24) is 10.6 Å². The number of carbonyl (C=O) groups is 1. The highest BCUT2D eigenvalue weighted by atomic mass is 16.4. The predicted molar refractivity (Wildman–Crippen MR) is 41.5 cm³/mol. The van der Waals surface area contributed by atoms with Gasteiger partial charge in [0.2, 0.25) is 0 Å². The minimum absolute atomic E-state index is 0.334. The molecular formula is C7H14N2O2. The van der Waals surface area contributed by atoms with Gasteiger partial charge in [0.15, 0.2) is 0 Å². The van der Waals surface area contributed by atoms with Crippen molar-refractivity contribution < 1.29 is 9.90 Å². The number of carboxylic acid groups (broad SMARTS) is 1. The van der Waals surface area contributed by atoms with E-state index in [9.17, 15) is 4.79 Å². The second kappa shape index (κ2) is 3.69. The largest absolute Gasteiger partial charge is 0.480 e. The second-order valence-corrected chi connectivity index (χ2v) is 2.92. The van der Waals surface area contributed by atoms with Crippen LogP contribution in [0.25, 0.3) is 0 Å². The molecule has 11 heavy (non-hydrogen) atoms. The summed E-state index contributed by atoms with van der Waals surface area (Å²) < 4.78 is 0.